The molecule has 0 heterocycles. The molecule has 0 saturated carbocycles. The Balaban J connectivity index is 4.37. The van der Waals surface area contributed by atoms with Gasteiger partial charge in [0, 0.05) is 0 Å². The first-order chi connectivity index (χ1) is 4.65. The van der Waals surface area contributed by atoms with Crippen LogP contribution < -0.4 is 0 Å². The number of carbonyl (C=O) groups is 1. The monoisotopic (exact) mass is 184 g/mol. The molecule has 0 bridgehead atoms. The summed E-state index contributed by atoms with van der Waals surface area (Å²) in [5.74, 6) is -1.65. The van der Waals surface area contributed by atoms with E-state index in [9.17, 15) is 9.36 Å². The van der Waals surface area contributed by atoms with Crippen molar-refractivity contribution < 1.29 is 29.4 Å². The molecule has 4 N–H and O–H groups in total. The molecular formula is C4H9O6P. The van der Waals surface area contributed by atoms with Crippen LogP contribution in [0, 0.1) is 0 Å². The van der Waals surface area contributed by atoms with Gasteiger partial charge in [-0.05, 0) is 6.92 Å². The molecule has 0 radical (unpaired) electrons. The number of hydrogen-bond acceptors (Lipinski definition) is 3. The molecule has 66 valence electrons. The van der Waals surface area contributed by atoms with Crippen molar-refractivity contribution in [1.82, 2.24) is 0 Å². The highest BCUT2D eigenvalue weighted by atomic mass is 31.2. The number of rotatable bonds is 3. The predicted octanol–water partition coefficient (Wildman–Crippen LogP) is -1.00. The van der Waals surface area contributed by atoms with Crippen LogP contribution in [-0.4, -0.2) is 37.7 Å². The van der Waals surface area contributed by atoms with Crippen LogP contribution in [0.4, 0.5) is 0 Å². The van der Waals surface area contributed by atoms with Crippen LogP contribution in [0.2, 0.25) is 0 Å². The zero-order chi connectivity index (χ0) is 9.28. The van der Waals surface area contributed by atoms with Gasteiger partial charge in [0.15, 0.2) is 5.60 Å². The predicted molar refractivity (Wildman–Crippen MR) is 35.2 cm³/mol. The zero-order valence-corrected chi connectivity index (χ0v) is 6.65. The van der Waals surface area contributed by atoms with Crippen LogP contribution >= 0.6 is 7.60 Å². The van der Waals surface area contributed by atoms with Gasteiger partial charge < -0.3 is 20.0 Å². The van der Waals surface area contributed by atoms with E-state index in [0.717, 1.165) is 6.92 Å². The van der Waals surface area contributed by atoms with Gasteiger partial charge in [0.1, 0.15) is 0 Å². The number of aliphatic hydroxyl groups is 1. The molecule has 11 heavy (non-hydrogen) atoms. The fourth-order valence-corrected chi connectivity index (χ4v) is 1.41. The molecule has 6 nitrogen and oxygen atoms in total. The molecule has 0 aliphatic rings. The van der Waals surface area contributed by atoms with Crippen LogP contribution in [0.25, 0.3) is 0 Å². The molecular weight excluding hydrogens is 175 g/mol. The first-order valence-electron chi connectivity index (χ1n) is 2.65. The molecule has 0 amide bonds. The normalized spacial score (nSPS) is 17.5. The van der Waals surface area contributed by atoms with E-state index in [1.807, 2.05) is 0 Å². The molecule has 0 aromatic heterocycles. The summed E-state index contributed by atoms with van der Waals surface area (Å²) in [5, 5.41) is 17.0. The second-order valence-corrected chi connectivity index (χ2v) is 4.05. The van der Waals surface area contributed by atoms with E-state index in [0.29, 0.717) is 0 Å². The molecule has 0 aliphatic heterocycles. The molecule has 0 rings (SSSR count). The summed E-state index contributed by atoms with van der Waals surface area (Å²) in [7, 11) is -4.47. The van der Waals surface area contributed by atoms with E-state index in [-0.39, 0.29) is 0 Å². The molecule has 0 fully saturated rings. The summed E-state index contributed by atoms with van der Waals surface area (Å²) in [5.41, 5.74) is -2.36. The Hall–Kier alpha value is -0.420. The Morgan fingerprint density at radius 2 is 1.91 bits per heavy atom. The van der Waals surface area contributed by atoms with Crippen LogP contribution in [-0.2, 0) is 9.36 Å². The first-order valence-corrected chi connectivity index (χ1v) is 4.45. The first kappa shape index (κ1) is 10.6. The largest absolute Gasteiger partial charge is 0.479 e. The van der Waals surface area contributed by atoms with E-state index in [4.69, 9.17) is 20.0 Å². The second-order valence-electron chi connectivity index (χ2n) is 2.40. The van der Waals surface area contributed by atoms with Crippen LogP contribution in [0.3, 0.4) is 0 Å². The van der Waals surface area contributed by atoms with E-state index in [1.54, 1.807) is 0 Å². The minimum Gasteiger partial charge on any atom is -0.479 e. The Morgan fingerprint density at radius 3 is 2.00 bits per heavy atom. The summed E-state index contributed by atoms with van der Waals surface area (Å²) in [4.78, 5) is 26.7. The summed E-state index contributed by atoms with van der Waals surface area (Å²) in [6.07, 6.45) is -1.07. The van der Waals surface area contributed by atoms with Gasteiger partial charge in [0.05, 0.1) is 6.16 Å². The second kappa shape index (κ2) is 2.91. The van der Waals surface area contributed by atoms with Crippen LogP contribution in [0.5, 0.6) is 0 Å². The molecule has 0 aromatic rings. The maximum Gasteiger partial charge on any atom is 0.336 e. The maximum absolute atomic E-state index is 10.2. The van der Waals surface area contributed by atoms with E-state index < -0.39 is 25.3 Å². The average molecular weight is 184 g/mol. The highest BCUT2D eigenvalue weighted by molar-refractivity contribution is 7.51. The smallest absolute Gasteiger partial charge is 0.336 e. The minimum atomic E-state index is -4.47. The third-order valence-corrected chi connectivity index (χ3v) is 2.00. The highest BCUT2D eigenvalue weighted by Gasteiger charge is 2.37. The quantitative estimate of drug-likeness (QED) is 0.418. The summed E-state index contributed by atoms with van der Waals surface area (Å²) < 4.78 is 10.2. The molecule has 0 spiro atoms. The summed E-state index contributed by atoms with van der Waals surface area (Å²) >= 11 is 0. The lowest BCUT2D eigenvalue weighted by atomic mass is 10.1. The fourth-order valence-electron chi connectivity index (χ4n) is 0.469. The van der Waals surface area contributed by atoms with Gasteiger partial charge in [0.2, 0.25) is 0 Å². The molecule has 7 heteroatoms. The number of carboxylic acids is 1. The lowest BCUT2D eigenvalue weighted by molar-refractivity contribution is -0.154. The molecule has 0 aliphatic carbocycles. The number of hydrogen-bond donors (Lipinski definition) is 4. The van der Waals surface area contributed by atoms with Gasteiger partial charge in [-0.25, -0.2) is 4.79 Å². The number of carboxylic acid groups (broad SMARTS) is 1. The van der Waals surface area contributed by atoms with Crippen molar-refractivity contribution >= 4 is 13.6 Å². The third-order valence-electron chi connectivity index (χ3n) is 0.975. The van der Waals surface area contributed by atoms with Crippen molar-refractivity contribution in [2.75, 3.05) is 6.16 Å². The molecule has 1 atom stereocenters. The molecule has 0 saturated heterocycles. The van der Waals surface area contributed by atoms with Crippen molar-refractivity contribution in [3.8, 4) is 0 Å². The maximum atomic E-state index is 10.2. The Labute approximate surface area is 62.6 Å². The van der Waals surface area contributed by atoms with Crippen molar-refractivity contribution in [2.45, 2.75) is 12.5 Å². The van der Waals surface area contributed by atoms with Crippen LogP contribution in [0.1, 0.15) is 6.92 Å². The van der Waals surface area contributed by atoms with E-state index in [1.165, 1.54) is 0 Å². The van der Waals surface area contributed by atoms with E-state index in [2.05, 4.69) is 0 Å². The summed E-state index contributed by atoms with van der Waals surface area (Å²) in [6.45, 7) is 0.828. The van der Waals surface area contributed by atoms with Crippen molar-refractivity contribution in [1.29, 1.82) is 0 Å². The standard InChI is InChI=1S/C4H9O6P/c1-4(7,3(5)6)2-11(8,9)10/h7H,2H2,1H3,(H,5,6)(H2,8,9,10). The van der Waals surface area contributed by atoms with Gasteiger partial charge in [0.25, 0.3) is 0 Å². The number of aliphatic carboxylic acids is 1. The Bertz CT molecular complexity index is 203. The van der Waals surface area contributed by atoms with Gasteiger partial charge in [-0.15, -0.1) is 0 Å². The summed E-state index contributed by atoms with van der Waals surface area (Å²) in [6, 6.07) is 0. The van der Waals surface area contributed by atoms with Crippen LogP contribution in [0.15, 0.2) is 0 Å². The molecule has 1 unspecified atom stereocenters. The van der Waals surface area contributed by atoms with Crippen molar-refractivity contribution in [2.24, 2.45) is 0 Å². The lowest BCUT2D eigenvalue weighted by Gasteiger charge is -2.17. The average Bonchev–Trinajstić information content (AvgIpc) is 1.56. The highest BCUT2D eigenvalue weighted by Crippen LogP contribution is 2.38. The van der Waals surface area contributed by atoms with Gasteiger partial charge >= 0.3 is 13.6 Å². The van der Waals surface area contributed by atoms with Gasteiger partial charge in [-0.3, -0.25) is 4.57 Å². The Morgan fingerprint density at radius 1 is 1.55 bits per heavy atom. The fraction of sp³-hybridized carbons (Fsp3) is 0.750. The van der Waals surface area contributed by atoms with Gasteiger partial charge in [-0.1, -0.05) is 0 Å². The zero-order valence-electron chi connectivity index (χ0n) is 5.76. The minimum absolute atomic E-state index is 0.828. The SMILES string of the molecule is CC(O)(CP(=O)(O)O)C(=O)O. The van der Waals surface area contributed by atoms with Crippen molar-refractivity contribution in [3.63, 3.8) is 0 Å². The Kier molecular flexibility index (Phi) is 2.79. The third kappa shape index (κ3) is 4.10. The topological polar surface area (TPSA) is 115 Å². The molecule has 0 aromatic carbocycles. The van der Waals surface area contributed by atoms with Gasteiger partial charge in [-0.2, -0.15) is 0 Å². The lowest BCUT2D eigenvalue weighted by Crippen LogP contribution is -2.38. The van der Waals surface area contributed by atoms with Crippen molar-refractivity contribution in [3.05, 3.63) is 0 Å². The van der Waals surface area contributed by atoms with E-state index >= 15 is 0 Å².